The van der Waals surface area contributed by atoms with Gasteiger partial charge in [-0.2, -0.15) is 22.0 Å². The van der Waals surface area contributed by atoms with Gasteiger partial charge in [0, 0.05) is 6.61 Å². The van der Waals surface area contributed by atoms with Crippen LogP contribution in [0.3, 0.4) is 0 Å². The molecule has 0 aromatic rings. The van der Waals surface area contributed by atoms with Crippen molar-refractivity contribution in [2.75, 3.05) is 26.3 Å². The predicted octanol–water partition coefficient (Wildman–Crippen LogP) is 2.59. The van der Waals surface area contributed by atoms with Gasteiger partial charge in [-0.3, -0.25) is 0 Å². The summed E-state index contributed by atoms with van der Waals surface area (Å²) in [5.41, 5.74) is 0. The van der Waals surface area contributed by atoms with Crippen molar-refractivity contribution in [1.82, 2.24) is 5.32 Å². The molecular formula is C10H16F5NO. The van der Waals surface area contributed by atoms with E-state index >= 15 is 0 Å². The summed E-state index contributed by atoms with van der Waals surface area (Å²) in [7, 11) is 0. The Morgan fingerprint density at radius 3 is 2.18 bits per heavy atom. The first kappa shape index (κ1) is 14.6. The molecular weight excluding hydrogens is 245 g/mol. The molecule has 102 valence electrons. The molecule has 1 aliphatic rings. The molecule has 0 radical (unpaired) electrons. The average Bonchev–Trinajstić information content (AvgIpc) is 2.24. The lowest BCUT2D eigenvalue weighted by molar-refractivity contribution is -0.296. The Kier molecular flexibility index (Phi) is 5.12. The zero-order valence-corrected chi connectivity index (χ0v) is 9.33. The summed E-state index contributed by atoms with van der Waals surface area (Å²) in [4.78, 5) is 0. The molecule has 2 nitrogen and oxygen atoms in total. The fourth-order valence-electron chi connectivity index (χ4n) is 1.70. The number of hydrogen-bond donors (Lipinski definition) is 1. The fourth-order valence-corrected chi connectivity index (χ4v) is 1.70. The maximum atomic E-state index is 12.4. The average molecular weight is 261 g/mol. The molecule has 0 amide bonds. The van der Waals surface area contributed by atoms with Gasteiger partial charge in [0.05, 0.1) is 0 Å². The number of rotatable bonds is 5. The van der Waals surface area contributed by atoms with E-state index in [0.717, 1.165) is 25.9 Å². The van der Waals surface area contributed by atoms with Gasteiger partial charge < -0.3 is 10.1 Å². The number of nitrogens with one attached hydrogen (secondary N) is 1. The first-order valence-corrected chi connectivity index (χ1v) is 5.56. The Hall–Kier alpha value is -0.430. The van der Waals surface area contributed by atoms with Crippen LogP contribution in [0.4, 0.5) is 22.0 Å². The second-order valence-electron chi connectivity index (χ2n) is 4.24. The molecule has 17 heavy (non-hydrogen) atoms. The van der Waals surface area contributed by atoms with Gasteiger partial charge in [-0.05, 0) is 38.3 Å². The lowest BCUT2D eigenvalue weighted by Gasteiger charge is -2.23. The van der Waals surface area contributed by atoms with E-state index in [-0.39, 0.29) is 6.61 Å². The summed E-state index contributed by atoms with van der Waals surface area (Å²) < 4.78 is 64.6. The van der Waals surface area contributed by atoms with Crippen LogP contribution >= 0.6 is 0 Å². The molecule has 1 N–H and O–H groups in total. The topological polar surface area (TPSA) is 21.3 Å². The van der Waals surface area contributed by atoms with Crippen LogP contribution in [0.5, 0.6) is 0 Å². The normalized spacial score (nSPS) is 19.6. The molecule has 0 unspecified atom stereocenters. The van der Waals surface area contributed by atoms with Crippen LogP contribution in [-0.2, 0) is 4.74 Å². The van der Waals surface area contributed by atoms with Crippen LogP contribution < -0.4 is 5.32 Å². The van der Waals surface area contributed by atoms with Crippen molar-refractivity contribution < 1.29 is 26.7 Å². The van der Waals surface area contributed by atoms with E-state index in [1.54, 1.807) is 0 Å². The maximum Gasteiger partial charge on any atom is 0.455 e. The second-order valence-corrected chi connectivity index (χ2v) is 4.24. The van der Waals surface area contributed by atoms with Crippen LogP contribution in [0.25, 0.3) is 0 Å². The van der Waals surface area contributed by atoms with Crippen LogP contribution in [0.15, 0.2) is 0 Å². The van der Waals surface area contributed by atoms with Crippen LogP contribution in [0.1, 0.15) is 19.3 Å². The van der Waals surface area contributed by atoms with Gasteiger partial charge in [-0.25, -0.2) is 0 Å². The van der Waals surface area contributed by atoms with E-state index in [9.17, 15) is 22.0 Å². The Balaban J connectivity index is 2.15. The molecule has 1 aliphatic heterocycles. The quantitative estimate of drug-likeness (QED) is 0.606. The summed E-state index contributed by atoms with van der Waals surface area (Å²) in [6.45, 7) is 0.102. The highest BCUT2D eigenvalue weighted by Crippen LogP contribution is 2.35. The van der Waals surface area contributed by atoms with E-state index in [1.165, 1.54) is 0 Å². The van der Waals surface area contributed by atoms with Gasteiger partial charge in [0.1, 0.15) is 6.61 Å². The van der Waals surface area contributed by atoms with Crippen molar-refractivity contribution in [2.45, 2.75) is 31.4 Å². The minimum Gasteiger partial charge on any atom is -0.375 e. The van der Waals surface area contributed by atoms with Gasteiger partial charge in [-0.1, -0.05) is 0 Å². The van der Waals surface area contributed by atoms with Crippen molar-refractivity contribution in [1.29, 1.82) is 0 Å². The van der Waals surface area contributed by atoms with Gasteiger partial charge in [0.15, 0.2) is 0 Å². The Labute approximate surface area is 96.5 Å². The zero-order valence-electron chi connectivity index (χ0n) is 9.33. The molecule has 1 heterocycles. The number of halogens is 5. The molecule has 0 saturated carbocycles. The van der Waals surface area contributed by atoms with Crippen LogP contribution in [0, 0.1) is 5.92 Å². The Morgan fingerprint density at radius 2 is 1.65 bits per heavy atom. The molecule has 0 atom stereocenters. The summed E-state index contributed by atoms with van der Waals surface area (Å²) >= 11 is 0. The largest absolute Gasteiger partial charge is 0.455 e. The minimum atomic E-state index is -5.53. The molecule has 7 heteroatoms. The summed E-state index contributed by atoms with van der Waals surface area (Å²) in [6, 6.07) is 0. The monoisotopic (exact) mass is 261 g/mol. The molecule has 0 aromatic heterocycles. The van der Waals surface area contributed by atoms with Crippen molar-refractivity contribution in [3.8, 4) is 0 Å². The molecule has 1 rings (SSSR count). The third-order valence-corrected chi connectivity index (χ3v) is 2.83. The third kappa shape index (κ3) is 4.75. The van der Waals surface area contributed by atoms with E-state index in [2.05, 4.69) is 10.1 Å². The van der Waals surface area contributed by atoms with E-state index in [1.807, 2.05) is 0 Å². The Bertz CT molecular complexity index is 225. The molecule has 0 aromatic carbocycles. The lowest BCUT2D eigenvalue weighted by atomic mass is 9.95. The molecule has 0 aliphatic carbocycles. The fraction of sp³-hybridized carbons (Fsp3) is 1.00. The van der Waals surface area contributed by atoms with E-state index in [4.69, 9.17) is 0 Å². The highest BCUT2D eigenvalue weighted by Gasteiger charge is 2.57. The van der Waals surface area contributed by atoms with Gasteiger partial charge >= 0.3 is 12.1 Å². The maximum absolute atomic E-state index is 12.4. The molecule has 0 spiro atoms. The number of hydrogen-bond acceptors (Lipinski definition) is 2. The highest BCUT2D eigenvalue weighted by molar-refractivity contribution is 4.75. The molecule has 1 fully saturated rings. The van der Waals surface area contributed by atoms with Crippen molar-refractivity contribution in [2.24, 2.45) is 5.92 Å². The number of piperidine rings is 1. The van der Waals surface area contributed by atoms with Crippen molar-refractivity contribution >= 4 is 0 Å². The third-order valence-electron chi connectivity index (χ3n) is 2.83. The second kappa shape index (κ2) is 5.95. The summed E-state index contributed by atoms with van der Waals surface area (Å²) in [5.74, 6) is -4.39. The van der Waals surface area contributed by atoms with Gasteiger partial charge in [0.25, 0.3) is 0 Å². The van der Waals surface area contributed by atoms with Crippen molar-refractivity contribution in [3.63, 3.8) is 0 Å². The van der Waals surface area contributed by atoms with Gasteiger partial charge in [-0.15, -0.1) is 0 Å². The lowest BCUT2D eigenvalue weighted by Crippen LogP contribution is -2.41. The van der Waals surface area contributed by atoms with Gasteiger partial charge in [0.2, 0.25) is 0 Å². The van der Waals surface area contributed by atoms with E-state index < -0.39 is 18.7 Å². The van der Waals surface area contributed by atoms with E-state index in [0.29, 0.717) is 12.3 Å². The standard InChI is InChI=1S/C10H16F5NO/c11-9(12,10(13,14)15)7-17-6-3-8-1-4-16-5-2-8/h8,16H,1-7H2. The highest BCUT2D eigenvalue weighted by atomic mass is 19.4. The minimum absolute atomic E-state index is 0.0453. The zero-order chi connectivity index (χ0) is 12.9. The van der Waals surface area contributed by atoms with Crippen LogP contribution in [-0.4, -0.2) is 38.4 Å². The number of ether oxygens (including phenoxy) is 1. The summed E-state index contributed by atoms with van der Waals surface area (Å²) in [5, 5.41) is 3.14. The smallest absolute Gasteiger partial charge is 0.375 e. The SMILES string of the molecule is FC(F)(F)C(F)(F)COCCC1CCNCC1. The van der Waals surface area contributed by atoms with Crippen molar-refractivity contribution in [3.05, 3.63) is 0 Å². The Morgan fingerprint density at radius 1 is 1.06 bits per heavy atom. The first-order valence-electron chi connectivity index (χ1n) is 5.56. The summed E-state index contributed by atoms with van der Waals surface area (Å²) in [6.07, 6.45) is -3.16. The molecule has 1 saturated heterocycles. The van der Waals surface area contributed by atoms with Crippen LogP contribution in [0.2, 0.25) is 0 Å². The molecule has 0 bridgehead atoms. The predicted molar refractivity (Wildman–Crippen MR) is 52.0 cm³/mol. The number of alkyl halides is 5. The first-order chi connectivity index (χ1) is 7.83.